The van der Waals surface area contributed by atoms with Crippen molar-refractivity contribution in [1.29, 1.82) is 0 Å². The summed E-state index contributed by atoms with van der Waals surface area (Å²) < 4.78 is 11.5. The largest absolute Gasteiger partial charge is 0.490 e. The van der Waals surface area contributed by atoms with Gasteiger partial charge in [0.15, 0.2) is 11.5 Å². The number of nitrogens with one attached hydrogen (secondary N) is 2. The predicted molar refractivity (Wildman–Crippen MR) is 134 cm³/mol. The van der Waals surface area contributed by atoms with Crippen molar-refractivity contribution in [3.8, 4) is 11.5 Å². The molecule has 3 aromatic carbocycles. The number of halogens is 2. The minimum absolute atomic E-state index is 0.165. The SMILES string of the molecule is CCOc1cc(/C=N\NC(=O)C(=O)Nc2ccc(C)cc2)ccc1OCc1c(Cl)cccc1Cl. The van der Waals surface area contributed by atoms with Gasteiger partial charge in [-0.05, 0) is 61.9 Å². The third kappa shape index (κ3) is 6.97. The molecule has 0 aliphatic carbocycles. The summed E-state index contributed by atoms with van der Waals surface area (Å²) in [7, 11) is 0. The van der Waals surface area contributed by atoms with Gasteiger partial charge in [-0.1, -0.05) is 47.0 Å². The number of hydrazone groups is 1. The van der Waals surface area contributed by atoms with E-state index in [9.17, 15) is 9.59 Å². The molecule has 34 heavy (non-hydrogen) atoms. The van der Waals surface area contributed by atoms with Crippen LogP contribution < -0.4 is 20.2 Å². The first-order valence-electron chi connectivity index (χ1n) is 10.4. The molecule has 2 N–H and O–H groups in total. The topological polar surface area (TPSA) is 89.0 Å². The number of nitrogens with zero attached hydrogens (tertiary/aromatic N) is 1. The molecule has 0 aliphatic rings. The van der Waals surface area contributed by atoms with E-state index >= 15 is 0 Å². The van der Waals surface area contributed by atoms with Gasteiger partial charge in [-0.2, -0.15) is 5.10 Å². The highest BCUT2D eigenvalue weighted by Gasteiger charge is 2.13. The van der Waals surface area contributed by atoms with Gasteiger partial charge in [-0.3, -0.25) is 9.59 Å². The van der Waals surface area contributed by atoms with Gasteiger partial charge < -0.3 is 14.8 Å². The van der Waals surface area contributed by atoms with Crippen LogP contribution >= 0.6 is 23.2 Å². The van der Waals surface area contributed by atoms with E-state index in [-0.39, 0.29) is 6.61 Å². The quantitative estimate of drug-likeness (QED) is 0.247. The second-order valence-electron chi connectivity index (χ2n) is 7.15. The summed E-state index contributed by atoms with van der Waals surface area (Å²) in [6, 6.07) is 17.5. The van der Waals surface area contributed by atoms with Crippen molar-refractivity contribution in [2.45, 2.75) is 20.5 Å². The van der Waals surface area contributed by atoms with Gasteiger partial charge in [-0.25, -0.2) is 5.43 Å². The second kappa shape index (κ2) is 12.1. The number of benzene rings is 3. The summed E-state index contributed by atoms with van der Waals surface area (Å²) in [6.07, 6.45) is 1.40. The number of aryl methyl sites for hydroxylation is 1. The normalized spacial score (nSPS) is 10.7. The van der Waals surface area contributed by atoms with Crippen molar-refractivity contribution in [2.24, 2.45) is 5.10 Å². The van der Waals surface area contributed by atoms with Crippen LogP contribution in [-0.2, 0) is 16.2 Å². The number of ether oxygens (including phenoxy) is 2. The lowest BCUT2D eigenvalue weighted by atomic mass is 10.2. The van der Waals surface area contributed by atoms with E-state index in [1.165, 1.54) is 6.21 Å². The minimum Gasteiger partial charge on any atom is -0.490 e. The highest BCUT2D eigenvalue weighted by atomic mass is 35.5. The molecule has 9 heteroatoms. The lowest BCUT2D eigenvalue weighted by Crippen LogP contribution is -2.32. The molecule has 2 amide bonds. The molecular weight excluding hydrogens is 477 g/mol. The van der Waals surface area contributed by atoms with Crippen LogP contribution in [0.4, 0.5) is 5.69 Å². The Morgan fingerprint density at radius 3 is 2.32 bits per heavy atom. The van der Waals surface area contributed by atoms with Crippen LogP contribution in [-0.4, -0.2) is 24.6 Å². The van der Waals surface area contributed by atoms with Gasteiger partial charge >= 0.3 is 11.8 Å². The predicted octanol–water partition coefficient (Wildman–Crippen LogP) is 5.37. The van der Waals surface area contributed by atoms with E-state index in [1.807, 2.05) is 26.0 Å². The van der Waals surface area contributed by atoms with Crippen LogP contribution in [0.2, 0.25) is 10.0 Å². The summed E-state index contributed by atoms with van der Waals surface area (Å²) in [4.78, 5) is 24.0. The van der Waals surface area contributed by atoms with Crippen molar-refractivity contribution in [3.05, 3.63) is 87.4 Å². The first-order chi connectivity index (χ1) is 16.4. The van der Waals surface area contributed by atoms with Gasteiger partial charge in [0.1, 0.15) is 6.61 Å². The van der Waals surface area contributed by atoms with Crippen LogP contribution in [0, 0.1) is 6.92 Å². The first kappa shape index (κ1) is 25.1. The van der Waals surface area contributed by atoms with E-state index in [0.29, 0.717) is 45.0 Å². The summed E-state index contributed by atoms with van der Waals surface area (Å²) in [5.74, 6) is -0.731. The van der Waals surface area contributed by atoms with Crippen LogP contribution in [0.5, 0.6) is 11.5 Å². The number of anilines is 1. The number of hydrogen-bond acceptors (Lipinski definition) is 5. The maximum Gasteiger partial charge on any atom is 0.329 e. The maximum atomic E-state index is 12.0. The summed E-state index contributed by atoms with van der Waals surface area (Å²) in [5.41, 5.74) is 5.07. The average Bonchev–Trinajstić information content (AvgIpc) is 2.81. The highest BCUT2D eigenvalue weighted by molar-refractivity contribution is 6.39. The summed E-state index contributed by atoms with van der Waals surface area (Å²) in [5, 5.41) is 7.38. The fourth-order valence-electron chi connectivity index (χ4n) is 2.85. The van der Waals surface area contributed by atoms with E-state index in [1.54, 1.807) is 48.5 Å². The molecule has 0 atom stereocenters. The van der Waals surface area contributed by atoms with E-state index in [0.717, 1.165) is 5.56 Å². The highest BCUT2D eigenvalue weighted by Crippen LogP contribution is 2.31. The Labute approximate surface area is 207 Å². The summed E-state index contributed by atoms with van der Waals surface area (Å²) >= 11 is 12.4. The van der Waals surface area contributed by atoms with Crippen LogP contribution in [0.1, 0.15) is 23.6 Å². The van der Waals surface area contributed by atoms with Gasteiger partial charge in [0.05, 0.1) is 12.8 Å². The van der Waals surface area contributed by atoms with Crippen LogP contribution in [0.15, 0.2) is 65.8 Å². The number of amides is 2. The first-order valence-corrected chi connectivity index (χ1v) is 11.2. The van der Waals surface area contributed by atoms with Crippen molar-refractivity contribution in [2.75, 3.05) is 11.9 Å². The van der Waals surface area contributed by atoms with Crippen molar-refractivity contribution < 1.29 is 19.1 Å². The molecule has 0 aromatic heterocycles. The Hall–Kier alpha value is -3.55. The Morgan fingerprint density at radius 2 is 1.65 bits per heavy atom. The van der Waals surface area contributed by atoms with Gasteiger partial charge in [0.25, 0.3) is 0 Å². The molecule has 0 fully saturated rings. The Bertz CT molecular complexity index is 1180. The van der Waals surface area contributed by atoms with Gasteiger partial charge in [0.2, 0.25) is 0 Å². The molecule has 0 heterocycles. The number of carbonyl (C=O) groups excluding carboxylic acids is 2. The van der Waals surface area contributed by atoms with Crippen molar-refractivity contribution >= 4 is 46.9 Å². The lowest BCUT2D eigenvalue weighted by Gasteiger charge is -2.14. The zero-order chi connectivity index (χ0) is 24.5. The average molecular weight is 500 g/mol. The van der Waals surface area contributed by atoms with Crippen LogP contribution in [0.25, 0.3) is 0 Å². The zero-order valence-electron chi connectivity index (χ0n) is 18.6. The fraction of sp³-hybridized carbons (Fsp3) is 0.160. The van der Waals surface area contributed by atoms with Crippen molar-refractivity contribution in [3.63, 3.8) is 0 Å². The molecule has 0 aliphatic heterocycles. The van der Waals surface area contributed by atoms with E-state index < -0.39 is 11.8 Å². The van der Waals surface area contributed by atoms with Crippen LogP contribution in [0.3, 0.4) is 0 Å². The zero-order valence-corrected chi connectivity index (χ0v) is 20.1. The van der Waals surface area contributed by atoms with E-state index in [2.05, 4.69) is 15.8 Å². The maximum absolute atomic E-state index is 12.0. The molecule has 0 saturated heterocycles. The molecule has 0 unspecified atom stereocenters. The van der Waals surface area contributed by atoms with E-state index in [4.69, 9.17) is 32.7 Å². The Balaban J connectivity index is 1.61. The minimum atomic E-state index is -0.890. The molecule has 0 saturated carbocycles. The fourth-order valence-corrected chi connectivity index (χ4v) is 3.36. The third-order valence-electron chi connectivity index (χ3n) is 4.60. The molecule has 3 rings (SSSR count). The van der Waals surface area contributed by atoms with Gasteiger partial charge in [-0.15, -0.1) is 0 Å². The second-order valence-corrected chi connectivity index (χ2v) is 7.96. The molecular formula is C25H23Cl2N3O4. The van der Waals surface area contributed by atoms with Gasteiger partial charge in [0, 0.05) is 21.3 Å². The monoisotopic (exact) mass is 499 g/mol. The standard InChI is InChI=1S/C25H23Cl2N3O4/c1-3-33-23-13-17(9-12-22(23)34-15-19-20(26)5-4-6-21(19)27)14-28-30-25(32)24(31)29-18-10-7-16(2)8-11-18/h4-14H,3,15H2,1-2H3,(H,29,31)(H,30,32)/b28-14-. The third-order valence-corrected chi connectivity index (χ3v) is 5.30. The molecule has 3 aromatic rings. The van der Waals surface area contributed by atoms with Crippen molar-refractivity contribution in [1.82, 2.24) is 5.43 Å². The molecule has 0 bridgehead atoms. The molecule has 0 spiro atoms. The number of hydrogen-bond donors (Lipinski definition) is 2. The molecule has 176 valence electrons. The molecule has 0 radical (unpaired) electrons. The number of rotatable bonds is 8. The number of carbonyl (C=O) groups is 2. The molecule has 7 nitrogen and oxygen atoms in total. The Morgan fingerprint density at radius 1 is 0.941 bits per heavy atom. The lowest BCUT2D eigenvalue weighted by molar-refractivity contribution is -0.136. The summed E-state index contributed by atoms with van der Waals surface area (Å²) in [6.45, 7) is 4.36. The smallest absolute Gasteiger partial charge is 0.329 e. The Kier molecular flexibility index (Phi) is 8.90.